The lowest BCUT2D eigenvalue weighted by Crippen LogP contribution is -2.42. The number of aromatic carboxylic acids is 1. The van der Waals surface area contributed by atoms with E-state index in [-0.39, 0.29) is 23.6 Å². The van der Waals surface area contributed by atoms with Crippen LogP contribution in [0.25, 0.3) is 0 Å². The van der Waals surface area contributed by atoms with Gasteiger partial charge in [0.2, 0.25) is 0 Å². The van der Waals surface area contributed by atoms with Crippen LogP contribution < -0.4 is 10.6 Å². The maximum atomic E-state index is 12.1. The summed E-state index contributed by atoms with van der Waals surface area (Å²) in [6.07, 6.45) is -5.50. The van der Waals surface area contributed by atoms with Crippen molar-refractivity contribution in [2.45, 2.75) is 39.0 Å². The quantitative estimate of drug-likeness (QED) is 0.779. The lowest BCUT2D eigenvalue weighted by Gasteiger charge is -2.15. The number of alkyl halides is 3. The molecule has 2 amide bonds. The molecule has 0 radical (unpaired) electrons. The fraction of sp³-hybridized carbons (Fsp3) is 0.500. The van der Waals surface area contributed by atoms with Crippen molar-refractivity contribution in [1.82, 2.24) is 10.6 Å². The molecule has 3 N–H and O–H groups in total. The third kappa shape index (κ3) is 5.76. The van der Waals surface area contributed by atoms with Gasteiger partial charge in [0.05, 0.1) is 13.0 Å². The predicted molar refractivity (Wildman–Crippen MR) is 65.9 cm³/mol. The number of furan rings is 1. The summed E-state index contributed by atoms with van der Waals surface area (Å²) in [5, 5.41) is 13.2. The topological polar surface area (TPSA) is 91.6 Å². The van der Waals surface area contributed by atoms with E-state index in [2.05, 4.69) is 10.6 Å². The molecule has 1 unspecified atom stereocenters. The summed E-state index contributed by atoms with van der Waals surface area (Å²) in [6, 6.07) is -0.618. The highest BCUT2D eigenvalue weighted by Crippen LogP contribution is 2.21. The number of urea groups is 1. The molecule has 0 bridgehead atoms. The van der Waals surface area contributed by atoms with Gasteiger partial charge in [0.25, 0.3) is 0 Å². The minimum Gasteiger partial charge on any atom is -0.478 e. The molecule has 9 heteroatoms. The van der Waals surface area contributed by atoms with Gasteiger partial charge in [-0.05, 0) is 19.9 Å². The fourth-order valence-corrected chi connectivity index (χ4v) is 1.68. The first kappa shape index (κ1) is 16.9. The molecule has 0 aliphatic rings. The first-order chi connectivity index (χ1) is 9.58. The number of carboxylic acid groups (broad SMARTS) is 1. The van der Waals surface area contributed by atoms with E-state index in [1.54, 1.807) is 0 Å². The van der Waals surface area contributed by atoms with Crippen molar-refractivity contribution in [1.29, 1.82) is 0 Å². The van der Waals surface area contributed by atoms with E-state index in [0.717, 1.165) is 0 Å². The molecule has 6 nitrogen and oxygen atoms in total. The van der Waals surface area contributed by atoms with Gasteiger partial charge in [0.15, 0.2) is 0 Å². The molecule has 0 aromatic carbocycles. The molecule has 1 heterocycles. The van der Waals surface area contributed by atoms with Crippen LogP contribution in [0.3, 0.4) is 0 Å². The maximum absolute atomic E-state index is 12.1. The van der Waals surface area contributed by atoms with Crippen LogP contribution in [-0.4, -0.2) is 29.3 Å². The fourth-order valence-electron chi connectivity index (χ4n) is 1.68. The molecule has 0 saturated heterocycles. The SMILES string of the molecule is Cc1oc(CNC(=O)NC(C)CC(F)(F)F)cc1C(=O)O. The molecule has 21 heavy (non-hydrogen) atoms. The smallest absolute Gasteiger partial charge is 0.391 e. The summed E-state index contributed by atoms with van der Waals surface area (Å²) in [7, 11) is 0. The Labute approximate surface area is 118 Å². The molecular weight excluding hydrogens is 293 g/mol. The molecule has 1 aromatic rings. The monoisotopic (exact) mass is 308 g/mol. The molecule has 0 aliphatic carbocycles. The molecule has 0 spiro atoms. The number of aryl methyl sites for hydroxylation is 1. The van der Waals surface area contributed by atoms with Crippen LogP contribution in [0.2, 0.25) is 0 Å². The summed E-state index contributed by atoms with van der Waals surface area (Å²) >= 11 is 0. The number of carbonyl (C=O) groups is 2. The Kier molecular flexibility index (Phi) is 5.23. The van der Waals surface area contributed by atoms with Crippen LogP contribution in [0.5, 0.6) is 0 Å². The number of rotatable bonds is 5. The van der Waals surface area contributed by atoms with Crippen LogP contribution in [0, 0.1) is 6.92 Å². The van der Waals surface area contributed by atoms with Crippen LogP contribution in [0.15, 0.2) is 10.5 Å². The van der Waals surface area contributed by atoms with E-state index < -0.39 is 30.6 Å². The van der Waals surface area contributed by atoms with Gasteiger partial charge in [-0.25, -0.2) is 9.59 Å². The molecule has 0 fully saturated rings. The highest BCUT2D eigenvalue weighted by atomic mass is 19.4. The number of carboxylic acids is 1. The average molecular weight is 308 g/mol. The maximum Gasteiger partial charge on any atom is 0.391 e. The number of carbonyl (C=O) groups excluding carboxylic acids is 1. The third-order valence-electron chi connectivity index (χ3n) is 2.54. The summed E-state index contributed by atoms with van der Waals surface area (Å²) in [5.41, 5.74) is -0.0300. The van der Waals surface area contributed by atoms with Crippen molar-refractivity contribution in [2.24, 2.45) is 0 Å². The van der Waals surface area contributed by atoms with Gasteiger partial charge < -0.3 is 20.2 Å². The Morgan fingerprint density at radius 3 is 2.52 bits per heavy atom. The van der Waals surface area contributed by atoms with Gasteiger partial charge in [0.1, 0.15) is 17.1 Å². The number of amides is 2. The Hall–Kier alpha value is -2.19. The minimum absolute atomic E-state index is 0.0300. The minimum atomic E-state index is -4.36. The van der Waals surface area contributed by atoms with Gasteiger partial charge in [-0.3, -0.25) is 0 Å². The summed E-state index contributed by atoms with van der Waals surface area (Å²) in [5.74, 6) is -0.778. The lowest BCUT2D eigenvalue weighted by atomic mass is 10.2. The number of hydrogen-bond acceptors (Lipinski definition) is 3. The van der Waals surface area contributed by atoms with Crippen molar-refractivity contribution >= 4 is 12.0 Å². The Balaban J connectivity index is 2.46. The molecule has 0 saturated carbocycles. The predicted octanol–water partition coefficient (Wildman–Crippen LogP) is 2.43. The Morgan fingerprint density at radius 2 is 2.05 bits per heavy atom. The summed E-state index contributed by atoms with van der Waals surface area (Å²) in [6.45, 7) is 2.56. The zero-order valence-corrected chi connectivity index (χ0v) is 11.4. The van der Waals surface area contributed by atoms with Crippen LogP contribution in [0.1, 0.15) is 35.2 Å². The highest BCUT2D eigenvalue weighted by Gasteiger charge is 2.30. The van der Waals surface area contributed by atoms with Crippen molar-refractivity contribution in [3.8, 4) is 0 Å². The normalized spacial score (nSPS) is 12.8. The van der Waals surface area contributed by atoms with Crippen molar-refractivity contribution < 1.29 is 32.3 Å². The van der Waals surface area contributed by atoms with E-state index >= 15 is 0 Å². The molecule has 0 aliphatic heterocycles. The van der Waals surface area contributed by atoms with E-state index in [1.165, 1.54) is 19.9 Å². The number of hydrogen-bond donors (Lipinski definition) is 3. The first-order valence-corrected chi connectivity index (χ1v) is 6.02. The Morgan fingerprint density at radius 1 is 1.43 bits per heavy atom. The second kappa shape index (κ2) is 6.51. The van der Waals surface area contributed by atoms with Gasteiger partial charge in [-0.2, -0.15) is 13.2 Å². The van der Waals surface area contributed by atoms with Gasteiger partial charge in [-0.1, -0.05) is 0 Å². The zero-order chi connectivity index (χ0) is 16.2. The number of nitrogens with one attached hydrogen (secondary N) is 2. The van der Waals surface area contributed by atoms with Crippen molar-refractivity contribution in [3.63, 3.8) is 0 Å². The van der Waals surface area contributed by atoms with E-state index in [9.17, 15) is 22.8 Å². The van der Waals surface area contributed by atoms with Crippen molar-refractivity contribution in [2.75, 3.05) is 0 Å². The largest absolute Gasteiger partial charge is 0.478 e. The molecule has 1 atom stereocenters. The van der Waals surface area contributed by atoms with Crippen molar-refractivity contribution in [3.05, 3.63) is 23.2 Å². The first-order valence-electron chi connectivity index (χ1n) is 6.02. The van der Waals surface area contributed by atoms with E-state index in [4.69, 9.17) is 9.52 Å². The average Bonchev–Trinajstić information content (AvgIpc) is 2.65. The highest BCUT2D eigenvalue weighted by molar-refractivity contribution is 5.88. The third-order valence-corrected chi connectivity index (χ3v) is 2.54. The summed E-state index contributed by atoms with van der Waals surface area (Å²) < 4.78 is 41.4. The second-order valence-corrected chi connectivity index (χ2v) is 4.54. The van der Waals surface area contributed by atoms with Gasteiger partial charge in [0, 0.05) is 6.04 Å². The zero-order valence-electron chi connectivity index (χ0n) is 11.4. The van der Waals surface area contributed by atoms with Crippen LogP contribution in [-0.2, 0) is 6.54 Å². The molecule has 1 rings (SSSR count). The molecule has 118 valence electrons. The van der Waals surface area contributed by atoms with E-state index in [0.29, 0.717) is 0 Å². The standard InChI is InChI=1S/C12H15F3N2O4/c1-6(4-12(13,14)15)17-11(20)16-5-8-3-9(10(18)19)7(2)21-8/h3,6H,4-5H2,1-2H3,(H,18,19)(H2,16,17,20). The van der Waals surface area contributed by atoms with Crippen LogP contribution >= 0.6 is 0 Å². The summed E-state index contributed by atoms with van der Waals surface area (Å²) in [4.78, 5) is 22.2. The lowest BCUT2D eigenvalue weighted by molar-refractivity contribution is -0.138. The van der Waals surface area contributed by atoms with E-state index in [1.807, 2.05) is 0 Å². The molecular formula is C12H15F3N2O4. The Bertz CT molecular complexity index is 525. The van der Waals surface area contributed by atoms with Gasteiger partial charge in [-0.15, -0.1) is 0 Å². The number of halogens is 3. The second-order valence-electron chi connectivity index (χ2n) is 4.54. The van der Waals surface area contributed by atoms with Crippen LogP contribution in [0.4, 0.5) is 18.0 Å². The molecule has 1 aromatic heterocycles. The van der Waals surface area contributed by atoms with Gasteiger partial charge >= 0.3 is 18.2 Å².